The Bertz CT molecular complexity index is 526. The van der Waals surface area contributed by atoms with Crippen LogP contribution in [0.4, 0.5) is 0 Å². The molecule has 1 aromatic heterocycles. The third-order valence-corrected chi connectivity index (χ3v) is 4.69. The SMILES string of the molecule is COc1ccc(-c2nnc(SCCSC(C)C)o2)cc1. The van der Waals surface area contributed by atoms with E-state index < -0.39 is 0 Å². The first-order valence-electron chi connectivity index (χ1n) is 6.41. The fraction of sp³-hybridized carbons (Fsp3) is 0.429. The molecule has 6 heteroatoms. The van der Waals surface area contributed by atoms with E-state index in [1.807, 2.05) is 36.0 Å². The molecule has 0 bridgehead atoms. The summed E-state index contributed by atoms with van der Waals surface area (Å²) in [4.78, 5) is 0. The van der Waals surface area contributed by atoms with E-state index in [-0.39, 0.29) is 0 Å². The van der Waals surface area contributed by atoms with E-state index in [9.17, 15) is 0 Å². The Morgan fingerprint density at radius 3 is 2.55 bits per heavy atom. The molecule has 0 atom stereocenters. The van der Waals surface area contributed by atoms with E-state index in [2.05, 4.69) is 24.0 Å². The molecule has 0 aliphatic carbocycles. The first-order valence-corrected chi connectivity index (χ1v) is 8.45. The van der Waals surface area contributed by atoms with Crippen molar-refractivity contribution in [2.75, 3.05) is 18.6 Å². The normalized spacial score (nSPS) is 11.0. The molecule has 0 saturated heterocycles. The van der Waals surface area contributed by atoms with Crippen LogP contribution in [0, 0.1) is 0 Å². The van der Waals surface area contributed by atoms with Crippen molar-refractivity contribution in [3.05, 3.63) is 24.3 Å². The molecule has 4 nitrogen and oxygen atoms in total. The van der Waals surface area contributed by atoms with E-state index in [1.54, 1.807) is 18.9 Å². The highest BCUT2D eigenvalue weighted by Gasteiger charge is 2.09. The van der Waals surface area contributed by atoms with Crippen LogP contribution in [0.15, 0.2) is 33.9 Å². The van der Waals surface area contributed by atoms with Gasteiger partial charge in [0.05, 0.1) is 7.11 Å². The smallest absolute Gasteiger partial charge is 0.276 e. The molecule has 0 spiro atoms. The van der Waals surface area contributed by atoms with Gasteiger partial charge in [0, 0.05) is 17.1 Å². The predicted octanol–water partition coefficient (Wildman–Crippen LogP) is 3.98. The lowest BCUT2D eigenvalue weighted by atomic mass is 10.2. The second-order valence-corrected chi connectivity index (χ2v) is 7.10. The van der Waals surface area contributed by atoms with Crippen molar-refractivity contribution in [2.24, 2.45) is 0 Å². The van der Waals surface area contributed by atoms with Gasteiger partial charge in [-0.1, -0.05) is 25.6 Å². The second-order valence-electron chi connectivity index (χ2n) is 4.37. The lowest BCUT2D eigenvalue weighted by Crippen LogP contribution is -1.91. The Balaban J connectivity index is 1.90. The Hall–Kier alpha value is -1.14. The Labute approximate surface area is 127 Å². The van der Waals surface area contributed by atoms with Crippen LogP contribution in [0.1, 0.15) is 13.8 Å². The van der Waals surface area contributed by atoms with Gasteiger partial charge >= 0.3 is 0 Å². The first-order chi connectivity index (χ1) is 9.69. The van der Waals surface area contributed by atoms with Crippen LogP contribution in [0.3, 0.4) is 0 Å². The minimum absolute atomic E-state index is 0.548. The quantitative estimate of drug-likeness (QED) is 0.569. The third kappa shape index (κ3) is 4.45. The molecule has 0 N–H and O–H groups in total. The van der Waals surface area contributed by atoms with Crippen LogP contribution in [-0.2, 0) is 0 Å². The van der Waals surface area contributed by atoms with Gasteiger partial charge in [0.1, 0.15) is 5.75 Å². The molecular formula is C14H18N2O2S2. The number of thioether (sulfide) groups is 2. The van der Waals surface area contributed by atoms with Crippen molar-refractivity contribution in [3.63, 3.8) is 0 Å². The molecule has 1 aromatic carbocycles. The summed E-state index contributed by atoms with van der Waals surface area (Å²) in [7, 11) is 1.64. The van der Waals surface area contributed by atoms with Crippen LogP contribution in [0.2, 0.25) is 0 Å². The second kappa shape index (κ2) is 7.59. The Morgan fingerprint density at radius 2 is 1.90 bits per heavy atom. The molecule has 0 fully saturated rings. The molecule has 20 heavy (non-hydrogen) atoms. The number of benzene rings is 1. The lowest BCUT2D eigenvalue weighted by Gasteiger charge is -2.01. The molecule has 0 unspecified atom stereocenters. The van der Waals surface area contributed by atoms with Crippen LogP contribution in [-0.4, -0.2) is 34.1 Å². The highest BCUT2D eigenvalue weighted by Crippen LogP contribution is 2.25. The van der Waals surface area contributed by atoms with Crippen molar-refractivity contribution >= 4 is 23.5 Å². The molecule has 0 radical (unpaired) electrons. The van der Waals surface area contributed by atoms with Gasteiger partial charge in [-0.05, 0) is 29.5 Å². The van der Waals surface area contributed by atoms with Crippen molar-refractivity contribution in [3.8, 4) is 17.2 Å². The van der Waals surface area contributed by atoms with Crippen LogP contribution >= 0.6 is 23.5 Å². The van der Waals surface area contributed by atoms with E-state index in [4.69, 9.17) is 9.15 Å². The summed E-state index contributed by atoms with van der Waals surface area (Å²) in [5.41, 5.74) is 0.904. The first kappa shape index (κ1) is 15.3. The van der Waals surface area contributed by atoms with Gasteiger partial charge in [-0.25, -0.2) is 0 Å². The van der Waals surface area contributed by atoms with Gasteiger partial charge in [-0.2, -0.15) is 11.8 Å². The van der Waals surface area contributed by atoms with Crippen LogP contribution in [0.25, 0.3) is 11.5 Å². The zero-order valence-electron chi connectivity index (χ0n) is 11.8. The monoisotopic (exact) mass is 310 g/mol. The van der Waals surface area contributed by atoms with Crippen molar-refractivity contribution in [2.45, 2.75) is 24.3 Å². The topological polar surface area (TPSA) is 48.2 Å². The molecule has 0 aliphatic rings. The summed E-state index contributed by atoms with van der Waals surface area (Å²) in [5.74, 6) is 3.43. The molecule has 108 valence electrons. The number of hydrogen-bond donors (Lipinski definition) is 0. The van der Waals surface area contributed by atoms with Gasteiger partial charge in [0.15, 0.2) is 0 Å². The van der Waals surface area contributed by atoms with Gasteiger partial charge in [0.2, 0.25) is 5.89 Å². The average molecular weight is 310 g/mol. The molecule has 0 aliphatic heterocycles. The highest BCUT2D eigenvalue weighted by atomic mass is 32.2. The standard InChI is InChI=1S/C14H18N2O2S2/c1-10(2)19-8-9-20-14-16-15-13(18-14)11-4-6-12(17-3)7-5-11/h4-7,10H,8-9H2,1-3H3. The minimum Gasteiger partial charge on any atom is -0.497 e. The zero-order valence-corrected chi connectivity index (χ0v) is 13.5. The number of rotatable bonds is 7. The minimum atomic E-state index is 0.548. The molecule has 2 rings (SSSR count). The number of nitrogens with zero attached hydrogens (tertiary/aromatic N) is 2. The fourth-order valence-corrected chi connectivity index (χ4v) is 3.13. The summed E-state index contributed by atoms with van der Waals surface area (Å²) in [6, 6.07) is 7.59. The van der Waals surface area contributed by atoms with Crippen molar-refractivity contribution in [1.29, 1.82) is 0 Å². The maximum atomic E-state index is 5.64. The van der Waals surface area contributed by atoms with Gasteiger partial charge in [0.25, 0.3) is 5.22 Å². The summed E-state index contributed by atoms with van der Waals surface area (Å²) in [5, 5.41) is 9.41. The van der Waals surface area contributed by atoms with E-state index in [0.29, 0.717) is 16.4 Å². The molecule has 0 amide bonds. The summed E-state index contributed by atoms with van der Waals surface area (Å²) >= 11 is 3.53. The highest BCUT2D eigenvalue weighted by molar-refractivity contribution is 8.03. The number of methoxy groups -OCH3 is 1. The maximum absolute atomic E-state index is 5.64. The number of hydrogen-bond acceptors (Lipinski definition) is 6. The molecular weight excluding hydrogens is 292 g/mol. The summed E-state index contributed by atoms with van der Waals surface area (Å²) < 4.78 is 10.8. The fourth-order valence-electron chi connectivity index (χ4n) is 1.53. The Morgan fingerprint density at radius 1 is 1.15 bits per heavy atom. The third-order valence-electron chi connectivity index (χ3n) is 2.50. The maximum Gasteiger partial charge on any atom is 0.276 e. The number of aromatic nitrogens is 2. The summed E-state index contributed by atoms with van der Waals surface area (Å²) in [6.07, 6.45) is 0. The largest absolute Gasteiger partial charge is 0.497 e. The van der Waals surface area contributed by atoms with Gasteiger partial charge < -0.3 is 9.15 Å². The van der Waals surface area contributed by atoms with Gasteiger partial charge in [-0.15, -0.1) is 10.2 Å². The predicted molar refractivity (Wildman–Crippen MR) is 84.6 cm³/mol. The zero-order chi connectivity index (χ0) is 14.4. The van der Waals surface area contributed by atoms with Crippen molar-refractivity contribution < 1.29 is 9.15 Å². The number of ether oxygens (including phenoxy) is 1. The van der Waals surface area contributed by atoms with Gasteiger partial charge in [-0.3, -0.25) is 0 Å². The van der Waals surface area contributed by atoms with Crippen LogP contribution in [0.5, 0.6) is 5.75 Å². The molecule has 1 heterocycles. The van der Waals surface area contributed by atoms with E-state index >= 15 is 0 Å². The lowest BCUT2D eigenvalue weighted by molar-refractivity contribution is 0.414. The Kier molecular flexibility index (Phi) is 5.79. The van der Waals surface area contributed by atoms with Crippen LogP contribution < -0.4 is 4.74 Å². The molecule has 2 aromatic rings. The van der Waals surface area contributed by atoms with E-state index in [0.717, 1.165) is 22.8 Å². The van der Waals surface area contributed by atoms with E-state index in [1.165, 1.54) is 0 Å². The summed E-state index contributed by atoms with van der Waals surface area (Å²) in [6.45, 7) is 4.40. The van der Waals surface area contributed by atoms with Crippen molar-refractivity contribution in [1.82, 2.24) is 10.2 Å². The molecule has 0 saturated carbocycles. The average Bonchev–Trinajstić information content (AvgIpc) is 2.92.